The van der Waals surface area contributed by atoms with Crippen LogP contribution in [0.4, 0.5) is 0 Å². The van der Waals surface area contributed by atoms with E-state index in [0.717, 1.165) is 5.56 Å². The van der Waals surface area contributed by atoms with Gasteiger partial charge in [-0.2, -0.15) is 0 Å². The summed E-state index contributed by atoms with van der Waals surface area (Å²) in [5.74, 6) is -3.58. The number of benzene rings is 3. The standard InChI is InChI=1S/C31H36N4O7/c1-19(36)27(35-28(38)24(32)16-20-8-4-2-5-9-20)30(40)33-25(17-22-12-14-23(37)15-13-22)29(39)34-26(31(41)42)18-21-10-6-3-7-11-21/h2-15,19,24-27,36-37H,16-18,32H2,1H3,(H,33,40)(H,34,39)(H,35,38)(H,41,42). The van der Waals surface area contributed by atoms with E-state index in [2.05, 4.69) is 16.0 Å². The van der Waals surface area contributed by atoms with Gasteiger partial charge in [0, 0.05) is 12.8 Å². The van der Waals surface area contributed by atoms with Crippen LogP contribution in [0.2, 0.25) is 0 Å². The number of carbonyl (C=O) groups is 4. The van der Waals surface area contributed by atoms with E-state index in [0.29, 0.717) is 11.1 Å². The van der Waals surface area contributed by atoms with E-state index in [1.54, 1.807) is 66.7 Å². The van der Waals surface area contributed by atoms with Crippen molar-refractivity contribution in [3.63, 3.8) is 0 Å². The third-order valence-corrected chi connectivity index (χ3v) is 6.60. The predicted molar refractivity (Wildman–Crippen MR) is 155 cm³/mol. The van der Waals surface area contributed by atoms with Crippen LogP contribution in [0.25, 0.3) is 0 Å². The number of aliphatic carboxylic acids is 1. The molecule has 5 unspecified atom stereocenters. The minimum Gasteiger partial charge on any atom is -0.508 e. The van der Waals surface area contributed by atoms with E-state index in [-0.39, 0.29) is 25.0 Å². The van der Waals surface area contributed by atoms with E-state index in [1.165, 1.54) is 19.1 Å². The van der Waals surface area contributed by atoms with Gasteiger partial charge < -0.3 is 37.0 Å². The molecule has 5 atom stereocenters. The lowest BCUT2D eigenvalue weighted by Gasteiger charge is -2.26. The SMILES string of the molecule is CC(O)C(NC(=O)C(N)Cc1ccccc1)C(=O)NC(Cc1ccc(O)cc1)C(=O)NC(Cc1ccccc1)C(=O)O. The first-order valence-corrected chi connectivity index (χ1v) is 13.5. The Bertz CT molecular complexity index is 1330. The van der Waals surface area contributed by atoms with Crippen LogP contribution in [-0.2, 0) is 38.4 Å². The Morgan fingerprint density at radius 2 is 1.14 bits per heavy atom. The molecule has 0 aliphatic heterocycles. The number of aliphatic hydroxyl groups is 1. The maximum absolute atomic E-state index is 13.4. The van der Waals surface area contributed by atoms with Crippen LogP contribution in [0.15, 0.2) is 84.9 Å². The molecular formula is C31H36N4O7. The van der Waals surface area contributed by atoms with Gasteiger partial charge in [0.1, 0.15) is 23.9 Å². The molecule has 0 fully saturated rings. The first-order valence-electron chi connectivity index (χ1n) is 13.5. The highest BCUT2D eigenvalue weighted by Crippen LogP contribution is 2.13. The van der Waals surface area contributed by atoms with E-state index >= 15 is 0 Å². The molecule has 0 bridgehead atoms. The lowest BCUT2D eigenvalue weighted by Crippen LogP contribution is -2.60. The van der Waals surface area contributed by atoms with Gasteiger partial charge in [-0.05, 0) is 42.2 Å². The number of rotatable bonds is 14. The van der Waals surface area contributed by atoms with Gasteiger partial charge in [-0.25, -0.2) is 4.79 Å². The molecule has 0 radical (unpaired) electrons. The third-order valence-electron chi connectivity index (χ3n) is 6.60. The average Bonchev–Trinajstić information content (AvgIpc) is 2.96. The van der Waals surface area contributed by atoms with Gasteiger partial charge >= 0.3 is 5.97 Å². The fourth-order valence-corrected chi connectivity index (χ4v) is 4.29. The summed E-state index contributed by atoms with van der Waals surface area (Å²) in [6.07, 6.45) is -1.21. The molecule has 3 aromatic rings. The summed E-state index contributed by atoms with van der Waals surface area (Å²) in [5, 5.41) is 37.2. The molecule has 11 nitrogen and oxygen atoms in total. The Morgan fingerprint density at radius 1 is 0.667 bits per heavy atom. The van der Waals surface area contributed by atoms with Gasteiger partial charge in [0.25, 0.3) is 0 Å². The monoisotopic (exact) mass is 576 g/mol. The number of nitrogens with two attached hydrogens (primary N) is 1. The third kappa shape index (κ3) is 9.72. The number of hydrogen-bond donors (Lipinski definition) is 7. The summed E-state index contributed by atoms with van der Waals surface area (Å²) in [4.78, 5) is 51.5. The molecule has 3 rings (SSSR count). The molecule has 222 valence electrons. The fourth-order valence-electron chi connectivity index (χ4n) is 4.29. The first-order chi connectivity index (χ1) is 20.0. The van der Waals surface area contributed by atoms with Crippen LogP contribution in [0.3, 0.4) is 0 Å². The largest absolute Gasteiger partial charge is 0.508 e. The molecule has 0 saturated heterocycles. The minimum absolute atomic E-state index is 0.00122. The number of aromatic hydroxyl groups is 1. The Labute approximate surface area is 243 Å². The molecule has 0 aliphatic carbocycles. The van der Waals surface area contributed by atoms with Crippen molar-refractivity contribution in [3.05, 3.63) is 102 Å². The molecule has 3 aromatic carbocycles. The smallest absolute Gasteiger partial charge is 0.326 e. The van der Waals surface area contributed by atoms with E-state index in [9.17, 15) is 34.5 Å². The van der Waals surface area contributed by atoms with Crippen LogP contribution >= 0.6 is 0 Å². The van der Waals surface area contributed by atoms with Crippen molar-refractivity contribution in [2.75, 3.05) is 0 Å². The Morgan fingerprint density at radius 3 is 1.67 bits per heavy atom. The van der Waals surface area contributed by atoms with Gasteiger partial charge in [0.2, 0.25) is 17.7 Å². The quantitative estimate of drug-likeness (QED) is 0.146. The van der Waals surface area contributed by atoms with Gasteiger partial charge in [0.15, 0.2) is 0 Å². The number of phenols is 1. The highest BCUT2D eigenvalue weighted by molar-refractivity contribution is 5.94. The second kappa shape index (κ2) is 15.3. The predicted octanol–water partition coefficient (Wildman–Crippen LogP) is 0.667. The lowest BCUT2D eigenvalue weighted by atomic mass is 10.0. The van der Waals surface area contributed by atoms with Gasteiger partial charge in [-0.15, -0.1) is 0 Å². The summed E-state index contributed by atoms with van der Waals surface area (Å²) in [7, 11) is 0. The molecule has 0 saturated carbocycles. The average molecular weight is 577 g/mol. The minimum atomic E-state index is -1.45. The van der Waals surface area contributed by atoms with Crippen molar-refractivity contribution in [1.82, 2.24) is 16.0 Å². The van der Waals surface area contributed by atoms with E-state index in [1.807, 2.05) is 6.07 Å². The number of aliphatic hydroxyl groups excluding tert-OH is 1. The zero-order valence-electron chi connectivity index (χ0n) is 23.1. The fraction of sp³-hybridized carbons (Fsp3) is 0.290. The zero-order chi connectivity index (χ0) is 30.6. The molecule has 11 heteroatoms. The van der Waals surface area contributed by atoms with Crippen LogP contribution in [-0.4, -0.2) is 69.3 Å². The summed E-state index contributed by atoms with van der Waals surface area (Å²) < 4.78 is 0. The second-order valence-corrected chi connectivity index (χ2v) is 10.0. The maximum Gasteiger partial charge on any atom is 0.326 e. The number of nitrogens with one attached hydrogen (secondary N) is 3. The van der Waals surface area contributed by atoms with Gasteiger partial charge in [0.05, 0.1) is 12.1 Å². The highest BCUT2D eigenvalue weighted by Gasteiger charge is 2.32. The molecule has 0 aromatic heterocycles. The Hall–Kier alpha value is -4.74. The summed E-state index contributed by atoms with van der Waals surface area (Å²) in [5.41, 5.74) is 8.10. The zero-order valence-corrected chi connectivity index (χ0v) is 23.1. The molecule has 42 heavy (non-hydrogen) atoms. The summed E-state index contributed by atoms with van der Waals surface area (Å²) in [6, 6.07) is 18.7. The number of carbonyl (C=O) groups excluding carboxylic acids is 3. The van der Waals surface area contributed by atoms with Crippen molar-refractivity contribution in [2.24, 2.45) is 5.73 Å². The Kier molecular flexibility index (Phi) is 11.6. The molecule has 0 heterocycles. The van der Waals surface area contributed by atoms with Crippen molar-refractivity contribution < 1.29 is 34.5 Å². The Balaban J connectivity index is 1.76. The van der Waals surface area contributed by atoms with Crippen LogP contribution in [0.1, 0.15) is 23.6 Å². The normalized spacial score (nSPS) is 14.5. The van der Waals surface area contributed by atoms with Crippen LogP contribution < -0.4 is 21.7 Å². The van der Waals surface area contributed by atoms with Crippen molar-refractivity contribution in [1.29, 1.82) is 0 Å². The summed E-state index contributed by atoms with van der Waals surface area (Å²) >= 11 is 0. The number of hydrogen-bond acceptors (Lipinski definition) is 7. The topological polar surface area (TPSA) is 191 Å². The molecule has 8 N–H and O–H groups in total. The van der Waals surface area contributed by atoms with Crippen LogP contribution in [0, 0.1) is 0 Å². The molecule has 0 aliphatic rings. The highest BCUT2D eigenvalue weighted by atomic mass is 16.4. The maximum atomic E-state index is 13.4. The number of carboxylic acids is 1. The van der Waals surface area contributed by atoms with Crippen molar-refractivity contribution in [3.8, 4) is 5.75 Å². The second-order valence-electron chi connectivity index (χ2n) is 10.0. The summed E-state index contributed by atoms with van der Waals surface area (Å²) in [6.45, 7) is 1.31. The van der Waals surface area contributed by atoms with E-state index in [4.69, 9.17) is 5.73 Å². The number of phenolic OH excluding ortho intramolecular Hbond substituents is 1. The lowest BCUT2D eigenvalue weighted by molar-refractivity contribution is -0.142. The molecule has 3 amide bonds. The van der Waals surface area contributed by atoms with Crippen molar-refractivity contribution in [2.45, 2.75) is 56.5 Å². The molecular weight excluding hydrogens is 540 g/mol. The van der Waals surface area contributed by atoms with Gasteiger partial charge in [-0.1, -0.05) is 72.8 Å². The number of carboxylic acid groups (broad SMARTS) is 1. The van der Waals surface area contributed by atoms with Crippen molar-refractivity contribution >= 4 is 23.7 Å². The first kappa shape index (κ1) is 31.8. The van der Waals surface area contributed by atoms with E-state index < -0.39 is 54.0 Å². The van der Waals surface area contributed by atoms with Crippen LogP contribution in [0.5, 0.6) is 5.75 Å². The number of amides is 3. The van der Waals surface area contributed by atoms with Gasteiger partial charge in [-0.3, -0.25) is 14.4 Å². The molecule has 0 spiro atoms.